The monoisotopic (exact) mass is 333 g/mol. The Kier molecular flexibility index (Phi) is 4.06. The van der Waals surface area contributed by atoms with Crippen molar-refractivity contribution in [2.75, 3.05) is 11.4 Å². The first-order chi connectivity index (χ1) is 9.75. The molecule has 0 fully saturated rings. The highest BCUT2D eigenvalue weighted by molar-refractivity contribution is 7.93. The van der Waals surface area contributed by atoms with Crippen LogP contribution >= 0.6 is 11.6 Å². The van der Waals surface area contributed by atoms with Crippen molar-refractivity contribution in [3.8, 4) is 5.75 Å². The number of nitrogens with zero attached hydrogens (tertiary/aromatic N) is 1. The van der Waals surface area contributed by atoms with Gasteiger partial charge in [-0.15, -0.1) is 0 Å². The van der Waals surface area contributed by atoms with E-state index in [4.69, 9.17) is 11.6 Å². The van der Waals surface area contributed by atoms with Gasteiger partial charge in [-0.25, -0.2) is 17.2 Å². The zero-order valence-electron chi connectivity index (χ0n) is 10.7. The molecule has 8 heteroatoms. The molecular formula is C13H10ClF2NO3S. The molecule has 0 heterocycles. The molecule has 0 aliphatic heterocycles. The molecule has 0 amide bonds. The SMILES string of the molecule is CN(c1ccc(O)cc1)S(=O)(=O)c1c(Cl)ccc(F)c1F. The van der Waals surface area contributed by atoms with Crippen molar-refractivity contribution in [1.82, 2.24) is 0 Å². The molecule has 21 heavy (non-hydrogen) atoms. The van der Waals surface area contributed by atoms with Crippen LogP contribution in [-0.4, -0.2) is 20.6 Å². The van der Waals surface area contributed by atoms with Gasteiger partial charge >= 0.3 is 0 Å². The molecule has 2 rings (SSSR count). The van der Waals surface area contributed by atoms with E-state index in [1.807, 2.05) is 0 Å². The van der Waals surface area contributed by atoms with Crippen LogP contribution in [0.15, 0.2) is 41.3 Å². The second-order valence-corrected chi connectivity index (χ2v) is 6.47. The van der Waals surface area contributed by atoms with Crippen molar-refractivity contribution >= 4 is 27.3 Å². The van der Waals surface area contributed by atoms with Crippen molar-refractivity contribution in [2.45, 2.75) is 4.90 Å². The number of anilines is 1. The molecule has 0 atom stereocenters. The Hall–Kier alpha value is -1.86. The lowest BCUT2D eigenvalue weighted by Crippen LogP contribution is -2.28. The molecular weight excluding hydrogens is 324 g/mol. The minimum atomic E-state index is -4.38. The molecule has 0 saturated heterocycles. The second kappa shape index (κ2) is 5.50. The van der Waals surface area contributed by atoms with Crippen molar-refractivity contribution in [3.05, 3.63) is 53.1 Å². The largest absolute Gasteiger partial charge is 0.508 e. The van der Waals surface area contributed by atoms with Gasteiger partial charge in [-0.05, 0) is 36.4 Å². The molecule has 4 nitrogen and oxygen atoms in total. The highest BCUT2D eigenvalue weighted by Crippen LogP contribution is 2.31. The van der Waals surface area contributed by atoms with Gasteiger partial charge in [-0.3, -0.25) is 4.31 Å². The van der Waals surface area contributed by atoms with Gasteiger partial charge in [0.25, 0.3) is 10.0 Å². The van der Waals surface area contributed by atoms with Gasteiger partial charge in [0.1, 0.15) is 10.6 Å². The van der Waals surface area contributed by atoms with Crippen molar-refractivity contribution in [2.24, 2.45) is 0 Å². The van der Waals surface area contributed by atoms with Crippen molar-refractivity contribution in [1.29, 1.82) is 0 Å². The molecule has 0 aliphatic carbocycles. The summed E-state index contributed by atoms with van der Waals surface area (Å²) in [6.07, 6.45) is 0. The maximum absolute atomic E-state index is 13.8. The highest BCUT2D eigenvalue weighted by atomic mass is 35.5. The molecule has 0 unspecified atom stereocenters. The minimum Gasteiger partial charge on any atom is -0.508 e. The molecule has 0 bridgehead atoms. The average Bonchev–Trinajstić information content (AvgIpc) is 2.43. The Morgan fingerprint density at radius 1 is 1.10 bits per heavy atom. The van der Waals surface area contributed by atoms with Crippen LogP contribution in [0.3, 0.4) is 0 Å². The predicted molar refractivity (Wildman–Crippen MR) is 75.1 cm³/mol. The quantitative estimate of drug-likeness (QED) is 0.878. The van der Waals surface area contributed by atoms with E-state index in [2.05, 4.69) is 0 Å². The van der Waals surface area contributed by atoms with Gasteiger partial charge in [-0.2, -0.15) is 0 Å². The lowest BCUT2D eigenvalue weighted by molar-refractivity contribution is 0.475. The lowest BCUT2D eigenvalue weighted by atomic mass is 10.3. The van der Waals surface area contributed by atoms with Crippen LogP contribution in [0.4, 0.5) is 14.5 Å². The summed E-state index contributed by atoms with van der Waals surface area (Å²) in [5.74, 6) is -2.90. The van der Waals surface area contributed by atoms with Crippen LogP contribution in [0.5, 0.6) is 5.75 Å². The first-order valence-electron chi connectivity index (χ1n) is 5.66. The zero-order chi connectivity index (χ0) is 15.8. The fraction of sp³-hybridized carbons (Fsp3) is 0.0769. The lowest BCUT2D eigenvalue weighted by Gasteiger charge is -2.20. The number of phenolic OH excluding ortho intramolecular Hbond substituents is 1. The molecule has 0 spiro atoms. The van der Waals surface area contributed by atoms with Crippen molar-refractivity contribution in [3.63, 3.8) is 0 Å². The Bertz CT molecular complexity index is 779. The Labute approximate surface area is 125 Å². The molecule has 0 aliphatic rings. The Balaban J connectivity index is 2.57. The van der Waals surface area contributed by atoms with Crippen molar-refractivity contribution < 1.29 is 22.3 Å². The zero-order valence-corrected chi connectivity index (χ0v) is 12.3. The van der Waals surface area contributed by atoms with Crippen LogP contribution in [0.1, 0.15) is 0 Å². The number of hydrogen-bond donors (Lipinski definition) is 1. The predicted octanol–water partition coefficient (Wildman–Crippen LogP) is 3.15. The average molecular weight is 334 g/mol. The van der Waals surface area contributed by atoms with E-state index in [9.17, 15) is 22.3 Å². The standard InChI is InChI=1S/C13H10ClF2NO3S/c1-17(8-2-4-9(18)5-3-8)21(19,20)13-10(14)6-7-11(15)12(13)16/h2-7,18H,1H3. The second-order valence-electron chi connectivity index (χ2n) is 4.16. The third kappa shape index (κ3) is 2.79. The van der Waals surface area contributed by atoms with Crippen LogP contribution in [0, 0.1) is 11.6 Å². The number of rotatable bonds is 3. The topological polar surface area (TPSA) is 57.6 Å². The molecule has 0 saturated carbocycles. The van der Waals surface area contributed by atoms with Gasteiger partial charge in [0.2, 0.25) is 0 Å². The summed E-state index contributed by atoms with van der Waals surface area (Å²) >= 11 is 5.69. The number of phenols is 1. The molecule has 2 aromatic rings. The third-order valence-electron chi connectivity index (χ3n) is 2.83. The smallest absolute Gasteiger partial charge is 0.268 e. The van der Waals surface area contributed by atoms with Gasteiger partial charge in [-0.1, -0.05) is 11.6 Å². The highest BCUT2D eigenvalue weighted by Gasteiger charge is 2.29. The third-order valence-corrected chi connectivity index (χ3v) is 5.11. The maximum atomic E-state index is 13.8. The number of aromatic hydroxyl groups is 1. The van der Waals surface area contributed by atoms with Crippen LogP contribution < -0.4 is 4.31 Å². The van der Waals surface area contributed by atoms with Crippen LogP contribution in [0.2, 0.25) is 5.02 Å². The fourth-order valence-electron chi connectivity index (χ4n) is 1.68. The molecule has 1 N–H and O–H groups in total. The first-order valence-corrected chi connectivity index (χ1v) is 7.48. The maximum Gasteiger partial charge on any atom is 0.268 e. The molecule has 2 aromatic carbocycles. The van der Waals surface area contributed by atoms with Gasteiger partial charge < -0.3 is 5.11 Å². The number of hydrogen-bond acceptors (Lipinski definition) is 3. The van der Waals surface area contributed by atoms with E-state index >= 15 is 0 Å². The van der Waals surface area contributed by atoms with E-state index in [0.29, 0.717) is 0 Å². The van der Waals surface area contributed by atoms with Gasteiger partial charge in [0, 0.05) is 7.05 Å². The van der Waals surface area contributed by atoms with E-state index in [1.54, 1.807) is 0 Å². The summed E-state index contributed by atoms with van der Waals surface area (Å²) < 4.78 is 52.6. The summed E-state index contributed by atoms with van der Waals surface area (Å²) in [6.45, 7) is 0. The van der Waals surface area contributed by atoms with Crippen LogP contribution in [0.25, 0.3) is 0 Å². The number of benzene rings is 2. The van der Waals surface area contributed by atoms with E-state index < -0.39 is 31.6 Å². The van der Waals surface area contributed by atoms with E-state index in [0.717, 1.165) is 16.4 Å². The summed E-state index contributed by atoms with van der Waals surface area (Å²) in [7, 11) is -3.21. The summed E-state index contributed by atoms with van der Waals surface area (Å²) in [6, 6.07) is 6.89. The normalized spacial score (nSPS) is 11.4. The molecule has 0 radical (unpaired) electrons. The summed E-state index contributed by atoms with van der Waals surface area (Å²) in [5.41, 5.74) is 0.160. The number of sulfonamides is 1. The first kappa shape index (κ1) is 15.5. The molecule has 0 aromatic heterocycles. The van der Waals surface area contributed by atoms with Gasteiger partial charge in [0.05, 0.1) is 10.7 Å². The molecule has 112 valence electrons. The number of halogens is 3. The van der Waals surface area contributed by atoms with Gasteiger partial charge in [0.15, 0.2) is 11.6 Å². The van der Waals surface area contributed by atoms with E-state index in [-0.39, 0.29) is 11.4 Å². The summed E-state index contributed by atoms with van der Waals surface area (Å²) in [5, 5.41) is 8.77. The Morgan fingerprint density at radius 3 is 2.24 bits per heavy atom. The fourth-order valence-corrected chi connectivity index (χ4v) is 3.43. The minimum absolute atomic E-state index is 0.0560. The summed E-state index contributed by atoms with van der Waals surface area (Å²) in [4.78, 5) is -0.931. The van der Waals surface area contributed by atoms with E-state index in [1.165, 1.54) is 31.3 Å². The Morgan fingerprint density at radius 2 is 1.67 bits per heavy atom. The van der Waals surface area contributed by atoms with Crippen LogP contribution in [-0.2, 0) is 10.0 Å².